The first kappa shape index (κ1) is 28.3. The van der Waals surface area contributed by atoms with Crippen LogP contribution in [-0.2, 0) is 32.0 Å². The zero-order chi connectivity index (χ0) is 26.8. The second-order valence-corrected chi connectivity index (χ2v) is 9.09. The van der Waals surface area contributed by atoms with E-state index in [4.69, 9.17) is 5.73 Å². The van der Waals surface area contributed by atoms with Crippen molar-refractivity contribution < 1.29 is 29.4 Å². The highest BCUT2D eigenvalue weighted by Gasteiger charge is 2.31. The first-order valence-electron chi connectivity index (χ1n) is 11.6. The van der Waals surface area contributed by atoms with Crippen molar-refractivity contribution in [3.05, 3.63) is 48.0 Å². The summed E-state index contributed by atoms with van der Waals surface area (Å²) in [7, 11) is 0. The number of aromatic amines is 1. The van der Waals surface area contributed by atoms with Gasteiger partial charge in [-0.15, -0.1) is 0 Å². The molecule has 1 aromatic carbocycles. The number of phenolic OH excluding ortho intramolecular Hbond substituents is 1. The maximum atomic E-state index is 13.3. The van der Waals surface area contributed by atoms with Gasteiger partial charge in [-0.25, -0.2) is 9.78 Å². The summed E-state index contributed by atoms with van der Waals surface area (Å²) in [5.41, 5.74) is 6.84. The quantitative estimate of drug-likeness (QED) is 0.196. The van der Waals surface area contributed by atoms with Gasteiger partial charge in [0, 0.05) is 24.7 Å². The Morgan fingerprint density at radius 1 is 0.917 bits per heavy atom. The van der Waals surface area contributed by atoms with Gasteiger partial charge in [-0.2, -0.15) is 0 Å². The minimum absolute atomic E-state index is 0.00945. The van der Waals surface area contributed by atoms with Crippen molar-refractivity contribution in [3.63, 3.8) is 0 Å². The van der Waals surface area contributed by atoms with Crippen LogP contribution in [0.2, 0.25) is 0 Å². The Balaban J connectivity index is 2.26. The Kier molecular flexibility index (Phi) is 10.4. The molecular formula is C24H34N6O6. The Labute approximate surface area is 209 Å². The first-order valence-corrected chi connectivity index (χ1v) is 11.6. The van der Waals surface area contributed by atoms with E-state index in [1.165, 1.54) is 31.6 Å². The van der Waals surface area contributed by atoms with E-state index in [0.29, 0.717) is 11.3 Å². The third kappa shape index (κ3) is 9.02. The molecule has 0 saturated heterocycles. The van der Waals surface area contributed by atoms with Crippen LogP contribution in [0.5, 0.6) is 5.75 Å². The van der Waals surface area contributed by atoms with Crippen LogP contribution >= 0.6 is 0 Å². The van der Waals surface area contributed by atoms with E-state index >= 15 is 0 Å². The molecule has 0 saturated carbocycles. The van der Waals surface area contributed by atoms with Gasteiger partial charge in [0.2, 0.25) is 17.7 Å². The van der Waals surface area contributed by atoms with Gasteiger partial charge < -0.3 is 36.9 Å². The number of hydrogen-bond donors (Lipinski definition) is 7. The zero-order valence-electron chi connectivity index (χ0n) is 20.5. The normalized spacial score (nSPS) is 14.4. The van der Waals surface area contributed by atoms with E-state index in [9.17, 15) is 29.4 Å². The van der Waals surface area contributed by atoms with Crippen molar-refractivity contribution in [2.75, 3.05) is 0 Å². The van der Waals surface area contributed by atoms with Crippen LogP contribution in [0.15, 0.2) is 36.8 Å². The molecule has 36 heavy (non-hydrogen) atoms. The molecule has 0 radical (unpaired) electrons. The number of aromatic hydroxyl groups is 1. The van der Waals surface area contributed by atoms with Gasteiger partial charge in [0.25, 0.3) is 0 Å². The zero-order valence-corrected chi connectivity index (χ0v) is 20.5. The lowest BCUT2D eigenvalue weighted by Gasteiger charge is -2.25. The number of amides is 3. The molecule has 3 amide bonds. The third-order valence-corrected chi connectivity index (χ3v) is 5.36. The maximum absolute atomic E-state index is 13.3. The topological polar surface area (TPSA) is 200 Å². The number of aromatic nitrogens is 2. The molecule has 0 spiro atoms. The van der Waals surface area contributed by atoms with Crippen LogP contribution in [0.25, 0.3) is 0 Å². The molecule has 0 aliphatic carbocycles. The third-order valence-electron chi connectivity index (χ3n) is 5.36. The van der Waals surface area contributed by atoms with E-state index in [0.717, 1.165) is 0 Å². The van der Waals surface area contributed by atoms with E-state index < -0.39 is 47.9 Å². The Bertz CT molecular complexity index is 1020. The predicted molar refractivity (Wildman–Crippen MR) is 131 cm³/mol. The molecule has 196 valence electrons. The van der Waals surface area contributed by atoms with Gasteiger partial charge in [0.1, 0.15) is 23.9 Å². The van der Waals surface area contributed by atoms with E-state index in [1.54, 1.807) is 12.1 Å². The van der Waals surface area contributed by atoms with Crippen LogP contribution in [0.1, 0.15) is 38.4 Å². The fourth-order valence-corrected chi connectivity index (χ4v) is 3.44. The SMILES string of the molecule is CC(C)CC(NC(=O)C(Cc1cnc[nH]1)NC(=O)C(Cc1ccc(O)cc1)NC(=O)C(C)N)C(=O)O. The monoisotopic (exact) mass is 502 g/mol. The summed E-state index contributed by atoms with van der Waals surface area (Å²) < 4.78 is 0. The van der Waals surface area contributed by atoms with Gasteiger partial charge in [-0.1, -0.05) is 26.0 Å². The number of rotatable bonds is 13. The number of hydrogen-bond acceptors (Lipinski definition) is 7. The fourth-order valence-electron chi connectivity index (χ4n) is 3.44. The number of phenols is 1. The Morgan fingerprint density at radius 2 is 1.47 bits per heavy atom. The number of benzene rings is 1. The average Bonchev–Trinajstić information content (AvgIpc) is 3.31. The molecule has 0 fully saturated rings. The molecule has 12 nitrogen and oxygen atoms in total. The summed E-state index contributed by atoms with van der Waals surface area (Å²) in [6.07, 6.45) is 3.19. The molecular weight excluding hydrogens is 468 g/mol. The van der Waals surface area contributed by atoms with Gasteiger partial charge in [0.15, 0.2) is 0 Å². The van der Waals surface area contributed by atoms with Crippen molar-refractivity contribution in [1.29, 1.82) is 0 Å². The molecule has 4 unspecified atom stereocenters. The highest BCUT2D eigenvalue weighted by Crippen LogP contribution is 2.12. The number of nitrogens with two attached hydrogens (primary N) is 1. The minimum atomic E-state index is -1.18. The second kappa shape index (κ2) is 13.2. The lowest BCUT2D eigenvalue weighted by atomic mass is 10.0. The summed E-state index contributed by atoms with van der Waals surface area (Å²) in [4.78, 5) is 57.1. The Hall–Kier alpha value is -3.93. The predicted octanol–water partition coefficient (Wildman–Crippen LogP) is -0.167. The molecule has 0 aliphatic heterocycles. The number of carbonyl (C=O) groups is 4. The van der Waals surface area contributed by atoms with Crippen molar-refractivity contribution in [1.82, 2.24) is 25.9 Å². The highest BCUT2D eigenvalue weighted by atomic mass is 16.4. The lowest BCUT2D eigenvalue weighted by molar-refractivity contribution is -0.142. The number of carboxylic acids is 1. The van der Waals surface area contributed by atoms with Crippen LogP contribution < -0.4 is 21.7 Å². The molecule has 2 rings (SSSR count). The molecule has 1 heterocycles. The van der Waals surface area contributed by atoms with Crippen molar-refractivity contribution in [2.45, 2.75) is 64.2 Å². The molecule has 4 atom stereocenters. The van der Waals surface area contributed by atoms with Gasteiger partial charge in [-0.05, 0) is 37.0 Å². The molecule has 2 aromatic rings. The smallest absolute Gasteiger partial charge is 0.326 e. The van der Waals surface area contributed by atoms with Crippen LogP contribution in [-0.4, -0.2) is 68.0 Å². The number of nitrogens with zero attached hydrogens (tertiary/aromatic N) is 1. The summed E-state index contributed by atoms with van der Waals surface area (Å²) in [5.74, 6) is -3.04. The number of nitrogens with one attached hydrogen (secondary N) is 4. The minimum Gasteiger partial charge on any atom is -0.508 e. The Morgan fingerprint density at radius 3 is 1.97 bits per heavy atom. The summed E-state index contributed by atoms with van der Waals surface area (Å²) in [6, 6.07) is 1.86. The van der Waals surface area contributed by atoms with Gasteiger partial charge in [0.05, 0.1) is 12.4 Å². The highest BCUT2D eigenvalue weighted by molar-refractivity contribution is 5.94. The van der Waals surface area contributed by atoms with E-state index in [2.05, 4.69) is 25.9 Å². The lowest BCUT2D eigenvalue weighted by Crippen LogP contribution is -2.58. The maximum Gasteiger partial charge on any atom is 0.326 e. The number of imidazole rings is 1. The van der Waals surface area contributed by atoms with Crippen LogP contribution in [0, 0.1) is 5.92 Å². The van der Waals surface area contributed by atoms with Crippen LogP contribution in [0.3, 0.4) is 0 Å². The number of carbonyl (C=O) groups excluding carboxylic acids is 3. The van der Waals surface area contributed by atoms with Crippen molar-refractivity contribution in [2.24, 2.45) is 11.7 Å². The number of aliphatic carboxylic acids is 1. The van der Waals surface area contributed by atoms with Crippen molar-refractivity contribution in [3.8, 4) is 5.75 Å². The number of carboxylic acid groups (broad SMARTS) is 1. The number of H-pyrrole nitrogens is 1. The molecule has 1 aromatic heterocycles. The van der Waals surface area contributed by atoms with Crippen molar-refractivity contribution >= 4 is 23.7 Å². The summed E-state index contributed by atoms with van der Waals surface area (Å²) >= 11 is 0. The second-order valence-electron chi connectivity index (χ2n) is 9.09. The standard InChI is InChI=1S/C24H34N6O6/c1-13(2)8-20(24(35)36)30-23(34)19(10-16-11-26-12-27-16)29-22(33)18(28-21(32)14(3)25)9-15-4-6-17(31)7-5-15/h4-7,11-14,18-20,31H,8-10,25H2,1-3H3,(H,26,27)(H,28,32)(H,29,33)(H,30,34)(H,35,36). The first-order chi connectivity index (χ1) is 17.0. The summed E-state index contributed by atoms with van der Waals surface area (Å²) in [5, 5.41) is 26.8. The molecule has 12 heteroatoms. The van der Waals surface area contributed by atoms with Gasteiger partial charge in [-0.3, -0.25) is 14.4 Å². The van der Waals surface area contributed by atoms with Gasteiger partial charge >= 0.3 is 5.97 Å². The molecule has 0 bridgehead atoms. The molecule has 8 N–H and O–H groups in total. The molecule has 0 aliphatic rings. The average molecular weight is 503 g/mol. The summed E-state index contributed by atoms with van der Waals surface area (Å²) in [6.45, 7) is 5.14. The van der Waals surface area contributed by atoms with E-state index in [1.807, 2.05) is 13.8 Å². The van der Waals surface area contributed by atoms with Crippen LogP contribution in [0.4, 0.5) is 0 Å². The van der Waals surface area contributed by atoms with E-state index in [-0.39, 0.29) is 30.9 Å². The largest absolute Gasteiger partial charge is 0.508 e. The fraction of sp³-hybridized carbons (Fsp3) is 0.458.